The highest BCUT2D eigenvalue weighted by Gasteiger charge is 2.22. The van der Waals surface area contributed by atoms with E-state index in [2.05, 4.69) is 5.32 Å². The van der Waals surface area contributed by atoms with Crippen LogP contribution in [0.15, 0.2) is 29.2 Å². The molecule has 1 aromatic carbocycles. The first kappa shape index (κ1) is 17.8. The molecule has 21 heavy (non-hydrogen) atoms. The average molecular weight is 331 g/mol. The van der Waals surface area contributed by atoms with Gasteiger partial charge >= 0.3 is 0 Å². The number of carbonyl (C=O) groups excluding carboxylic acids is 1. The zero-order valence-corrected chi connectivity index (χ0v) is 13.8. The SMILES string of the molecule is CCN(CC(=O)NC)S(=O)(=O)CCSc1ccccc1N. The molecule has 0 atom stereocenters. The number of carbonyl (C=O) groups is 1. The van der Waals surface area contributed by atoms with Crippen molar-refractivity contribution in [3.63, 3.8) is 0 Å². The van der Waals surface area contributed by atoms with E-state index in [1.165, 1.54) is 23.1 Å². The summed E-state index contributed by atoms with van der Waals surface area (Å²) >= 11 is 1.40. The molecule has 1 rings (SSSR count). The third-order valence-electron chi connectivity index (χ3n) is 2.86. The molecule has 0 unspecified atom stereocenters. The van der Waals surface area contributed by atoms with Crippen LogP contribution in [0.5, 0.6) is 0 Å². The van der Waals surface area contributed by atoms with Gasteiger partial charge in [0.1, 0.15) is 0 Å². The van der Waals surface area contributed by atoms with Gasteiger partial charge in [-0.15, -0.1) is 11.8 Å². The summed E-state index contributed by atoms with van der Waals surface area (Å²) in [6.07, 6.45) is 0. The van der Waals surface area contributed by atoms with E-state index in [0.717, 1.165) is 4.90 Å². The van der Waals surface area contributed by atoms with E-state index < -0.39 is 10.0 Å². The van der Waals surface area contributed by atoms with Crippen LogP contribution in [0.25, 0.3) is 0 Å². The molecule has 0 bridgehead atoms. The predicted molar refractivity (Wildman–Crippen MR) is 86.7 cm³/mol. The first-order valence-corrected chi connectivity index (χ1v) is 9.16. The van der Waals surface area contributed by atoms with Gasteiger partial charge in [-0.1, -0.05) is 19.1 Å². The molecule has 1 amide bonds. The molecule has 0 spiro atoms. The zero-order valence-electron chi connectivity index (χ0n) is 12.2. The molecule has 8 heteroatoms. The summed E-state index contributed by atoms with van der Waals surface area (Å²) in [5, 5.41) is 2.42. The summed E-state index contributed by atoms with van der Waals surface area (Å²) in [6, 6.07) is 7.32. The lowest BCUT2D eigenvalue weighted by Gasteiger charge is -2.19. The number of nitrogens with two attached hydrogens (primary N) is 1. The smallest absolute Gasteiger partial charge is 0.235 e. The van der Waals surface area contributed by atoms with E-state index >= 15 is 0 Å². The van der Waals surface area contributed by atoms with Crippen molar-refractivity contribution in [3.8, 4) is 0 Å². The van der Waals surface area contributed by atoms with Gasteiger partial charge in [0, 0.05) is 29.9 Å². The van der Waals surface area contributed by atoms with Crippen LogP contribution in [0, 0.1) is 0 Å². The number of hydrogen-bond donors (Lipinski definition) is 2. The number of thioether (sulfide) groups is 1. The number of sulfonamides is 1. The number of amides is 1. The standard InChI is InChI=1S/C13H21N3O3S2/c1-3-16(10-13(17)15-2)21(18,19)9-8-20-12-7-5-4-6-11(12)14/h4-7H,3,8-10,14H2,1-2H3,(H,15,17). The van der Waals surface area contributed by atoms with Gasteiger partial charge in [0.2, 0.25) is 15.9 Å². The third-order valence-corrected chi connectivity index (χ3v) is 6.11. The first-order chi connectivity index (χ1) is 9.90. The maximum Gasteiger partial charge on any atom is 0.235 e. The maximum atomic E-state index is 12.2. The number of benzene rings is 1. The molecule has 118 valence electrons. The van der Waals surface area contributed by atoms with Gasteiger partial charge in [0.25, 0.3) is 0 Å². The molecule has 0 saturated carbocycles. The Bertz CT molecular complexity index is 576. The lowest BCUT2D eigenvalue weighted by molar-refractivity contribution is -0.120. The van der Waals surface area contributed by atoms with Crippen molar-refractivity contribution in [3.05, 3.63) is 24.3 Å². The van der Waals surface area contributed by atoms with Crippen molar-refractivity contribution in [1.82, 2.24) is 9.62 Å². The fraction of sp³-hybridized carbons (Fsp3) is 0.462. The summed E-state index contributed by atoms with van der Waals surface area (Å²) in [5.74, 6) is 0.0397. The summed E-state index contributed by atoms with van der Waals surface area (Å²) in [4.78, 5) is 12.2. The van der Waals surface area contributed by atoms with Crippen molar-refractivity contribution in [2.75, 3.05) is 37.4 Å². The summed E-state index contributed by atoms with van der Waals surface area (Å²) in [7, 11) is -1.97. The number of nitrogens with zero attached hydrogens (tertiary/aromatic N) is 1. The summed E-state index contributed by atoms with van der Waals surface area (Å²) in [6.45, 7) is 1.84. The minimum absolute atomic E-state index is 0.0309. The molecule has 0 fully saturated rings. The molecule has 0 saturated heterocycles. The molecule has 0 aromatic heterocycles. The van der Waals surface area contributed by atoms with E-state index in [1.807, 2.05) is 18.2 Å². The highest BCUT2D eigenvalue weighted by atomic mass is 32.2. The third kappa shape index (κ3) is 5.56. The predicted octanol–water partition coefficient (Wildman–Crippen LogP) is 0.759. The normalized spacial score (nSPS) is 11.6. The second kappa shape index (κ2) is 8.26. The van der Waals surface area contributed by atoms with E-state index in [1.54, 1.807) is 13.0 Å². The number of para-hydroxylation sites is 1. The zero-order chi connectivity index (χ0) is 15.9. The molecule has 0 aliphatic heterocycles. The Morgan fingerprint density at radius 2 is 2.05 bits per heavy atom. The Morgan fingerprint density at radius 3 is 2.62 bits per heavy atom. The topological polar surface area (TPSA) is 92.5 Å². The van der Waals surface area contributed by atoms with Crippen molar-refractivity contribution in [1.29, 1.82) is 0 Å². The second-order valence-corrected chi connectivity index (χ2v) is 7.53. The van der Waals surface area contributed by atoms with E-state index in [9.17, 15) is 13.2 Å². The maximum absolute atomic E-state index is 12.2. The number of nitrogen functional groups attached to an aromatic ring is 1. The highest BCUT2D eigenvalue weighted by molar-refractivity contribution is 8.00. The summed E-state index contributed by atoms with van der Waals surface area (Å²) in [5.41, 5.74) is 6.44. The molecular weight excluding hydrogens is 310 g/mol. The van der Waals surface area contributed by atoms with Gasteiger partial charge in [-0.2, -0.15) is 4.31 Å². The number of hydrogen-bond acceptors (Lipinski definition) is 5. The highest BCUT2D eigenvalue weighted by Crippen LogP contribution is 2.24. The Hall–Kier alpha value is -1.25. The van der Waals surface area contributed by atoms with E-state index in [4.69, 9.17) is 5.73 Å². The van der Waals surface area contributed by atoms with Gasteiger partial charge in [0.05, 0.1) is 12.3 Å². The quantitative estimate of drug-likeness (QED) is 0.542. The summed E-state index contributed by atoms with van der Waals surface area (Å²) < 4.78 is 25.6. The molecule has 0 heterocycles. The minimum Gasteiger partial charge on any atom is -0.398 e. The Morgan fingerprint density at radius 1 is 1.38 bits per heavy atom. The molecule has 0 radical (unpaired) electrons. The van der Waals surface area contributed by atoms with E-state index in [0.29, 0.717) is 11.4 Å². The molecule has 6 nitrogen and oxygen atoms in total. The van der Waals surface area contributed by atoms with Crippen molar-refractivity contribution >= 4 is 33.4 Å². The molecule has 3 N–H and O–H groups in total. The van der Waals surface area contributed by atoms with Crippen LogP contribution in [0.2, 0.25) is 0 Å². The fourth-order valence-electron chi connectivity index (χ4n) is 1.64. The number of nitrogens with one attached hydrogen (secondary N) is 1. The molecule has 1 aromatic rings. The van der Waals surface area contributed by atoms with Gasteiger partial charge < -0.3 is 11.1 Å². The second-order valence-electron chi connectivity index (χ2n) is 4.30. The van der Waals surface area contributed by atoms with Crippen LogP contribution in [0.4, 0.5) is 5.69 Å². The van der Waals surface area contributed by atoms with Crippen molar-refractivity contribution in [2.24, 2.45) is 0 Å². The molecular formula is C13H21N3O3S2. The van der Waals surface area contributed by atoms with Crippen LogP contribution >= 0.6 is 11.8 Å². The lowest BCUT2D eigenvalue weighted by Crippen LogP contribution is -2.40. The van der Waals surface area contributed by atoms with Crippen molar-refractivity contribution in [2.45, 2.75) is 11.8 Å². The van der Waals surface area contributed by atoms with Gasteiger partial charge in [0.15, 0.2) is 0 Å². The fourth-order valence-corrected chi connectivity index (χ4v) is 4.41. The van der Waals surface area contributed by atoms with Crippen LogP contribution in [0.3, 0.4) is 0 Å². The van der Waals surface area contributed by atoms with Crippen LogP contribution in [0.1, 0.15) is 6.92 Å². The number of rotatable bonds is 8. The number of anilines is 1. The Kier molecular flexibility index (Phi) is 7.00. The number of likely N-dealkylation sites (N-methyl/N-ethyl adjacent to an activating group) is 2. The van der Waals surface area contributed by atoms with Crippen LogP contribution in [-0.2, 0) is 14.8 Å². The molecule has 0 aliphatic rings. The van der Waals surface area contributed by atoms with Crippen LogP contribution in [-0.4, -0.2) is 50.3 Å². The van der Waals surface area contributed by atoms with Crippen LogP contribution < -0.4 is 11.1 Å². The lowest BCUT2D eigenvalue weighted by atomic mass is 10.3. The van der Waals surface area contributed by atoms with Gasteiger partial charge in [-0.05, 0) is 12.1 Å². The van der Waals surface area contributed by atoms with E-state index in [-0.39, 0.29) is 24.7 Å². The Balaban J connectivity index is 2.59. The average Bonchev–Trinajstić information content (AvgIpc) is 2.46. The minimum atomic E-state index is -3.45. The first-order valence-electron chi connectivity index (χ1n) is 6.56. The Labute approximate surface area is 130 Å². The molecule has 0 aliphatic carbocycles. The largest absolute Gasteiger partial charge is 0.398 e. The van der Waals surface area contributed by atoms with Gasteiger partial charge in [-0.25, -0.2) is 8.42 Å². The monoisotopic (exact) mass is 331 g/mol. The van der Waals surface area contributed by atoms with Crippen molar-refractivity contribution < 1.29 is 13.2 Å². The van der Waals surface area contributed by atoms with Gasteiger partial charge in [-0.3, -0.25) is 4.79 Å².